The summed E-state index contributed by atoms with van der Waals surface area (Å²) in [5.41, 5.74) is 5.36. The summed E-state index contributed by atoms with van der Waals surface area (Å²) >= 11 is 6.09. The van der Waals surface area contributed by atoms with E-state index >= 15 is 0 Å². The molecule has 0 saturated carbocycles. The van der Waals surface area contributed by atoms with Crippen molar-refractivity contribution >= 4 is 35.0 Å². The third kappa shape index (κ3) is 3.74. The van der Waals surface area contributed by atoms with Crippen molar-refractivity contribution in [3.05, 3.63) is 107 Å². The van der Waals surface area contributed by atoms with Gasteiger partial charge in [-0.15, -0.1) is 0 Å². The molecule has 156 valence electrons. The van der Waals surface area contributed by atoms with Crippen LogP contribution in [0, 0.1) is 0 Å². The summed E-state index contributed by atoms with van der Waals surface area (Å²) in [5, 5.41) is 11.4. The van der Waals surface area contributed by atoms with E-state index in [4.69, 9.17) is 16.7 Å². The summed E-state index contributed by atoms with van der Waals surface area (Å²) in [6, 6.07) is 26.8. The molecule has 5 nitrogen and oxygen atoms in total. The lowest BCUT2D eigenvalue weighted by molar-refractivity contribution is -0.114. The van der Waals surface area contributed by atoms with Gasteiger partial charge in [0.25, 0.3) is 5.91 Å². The number of rotatable bonds is 4. The summed E-state index contributed by atoms with van der Waals surface area (Å²) in [6.07, 6.45) is 3.79. The smallest absolute Gasteiger partial charge is 0.267 e. The van der Waals surface area contributed by atoms with Crippen LogP contribution in [0.25, 0.3) is 23.0 Å². The standard InChI is InChI=1S/C26H19ClN4O/c1-18-24(26(32)31(28-18)23-10-6-3-7-11-23)16-20-17-30(22-8-4-2-5-9-22)29-25(20)19-12-14-21(27)15-13-19/h2-17H,1H3/b24-16+. The predicted molar refractivity (Wildman–Crippen MR) is 129 cm³/mol. The van der Waals surface area contributed by atoms with Gasteiger partial charge in [0, 0.05) is 22.3 Å². The Morgan fingerprint density at radius 1 is 0.844 bits per heavy atom. The Morgan fingerprint density at radius 2 is 1.47 bits per heavy atom. The van der Waals surface area contributed by atoms with Gasteiger partial charge in [0.1, 0.15) is 0 Å². The molecule has 0 fully saturated rings. The monoisotopic (exact) mass is 438 g/mol. The molecule has 1 aromatic heterocycles. The number of halogens is 1. The molecule has 2 heterocycles. The van der Waals surface area contributed by atoms with E-state index in [1.807, 2.05) is 109 Å². The first kappa shape index (κ1) is 20.0. The van der Waals surface area contributed by atoms with Crippen molar-refractivity contribution in [1.29, 1.82) is 0 Å². The van der Waals surface area contributed by atoms with E-state index in [-0.39, 0.29) is 5.91 Å². The maximum absolute atomic E-state index is 13.2. The summed E-state index contributed by atoms with van der Waals surface area (Å²) < 4.78 is 1.82. The Balaban J connectivity index is 1.60. The highest BCUT2D eigenvalue weighted by atomic mass is 35.5. The van der Waals surface area contributed by atoms with Crippen molar-refractivity contribution in [2.75, 3.05) is 5.01 Å². The normalized spacial score (nSPS) is 14.8. The van der Waals surface area contributed by atoms with Gasteiger partial charge in [-0.25, -0.2) is 4.68 Å². The maximum atomic E-state index is 13.2. The molecule has 0 spiro atoms. The molecule has 5 rings (SSSR count). The second kappa shape index (κ2) is 8.29. The molecule has 6 heteroatoms. The molecule has 0 bridgehead atoms. The molecule has 3 aromatic carbocycles. The first-order chi connectivity index (χ1) is 15.6. The Bertz CT molecular complexity index is 1340. The molecular formula is C26H19ClN4O. The van der Waals surface area contributed by atoms with Gasteiger partial charge in [-0.1, -0.05) is 60.1 Å². The van der Waals surface area contributed by atoms with E-state index in [1.165, 1.54) is 5.01 Å². The highest BCUT2D eigenvalue weighted by Crippen LogP contribution is 2.30. The number of carbonyl (C=O) groups is 1. The second-order valence-corrected chi connectivity index (χ2v) is 7.85. The third-order valence-electron chi connectivity index (χ3n) is 5.24. The van der Waals surface area contributed by atoms with E-state index < -0.39 is 0 Å². The quantitative estimate of drug-likeness (QED) is 0.367. The van der Waals surface area contributed by atoms with Crippen molar-refractivity contribution in [1.82, 2.24) is 9.78 Å². The minimum absolute atomic E-state index is 0.164. The lowest BCUT2D eigenvalue weighted by atomic mass is 10.0. The van der Waals surface area contributed by atoms with Crippen molar-refractivity contribution < 1.29 is 4.79 Å². The van der Waals surface area contributed by atoms with Gasteiger partial charge in [-0.05, 0) is 49.4 Å². The zero-order chi connectivity index (χ0) is 22.1. The lowest BCUT2D eigenvalue weighted by Crippen LogP contribution is -2.21. The minimum Gasteiger partial charge on any atom is -0.267 e. The van der Waals surface area contributed by atoms with Crippen LogP contribution < -0.4 is 5.01 Å². The Hall–Kier alpha value is -3.96. The van der Waals surface area contributed by atoms with Crippen molar-refractivity contribution in [3.8, 4) is 16.9 Å². The average molecular weight is 439 g/mol. The maximum Gasteiger partial charge on any atom is 0.280 e. The van der Waals surface area contributed by atoms with Crippen LogP contribution in [0.15, 0.2) is 102 Å². The number of hydrazone groups is 1. The molecule has 0 atom stereocenters. The zero-order valence-corrected chi connectivity index (χ0v) is 18.1. The zero-order valence-electron chi connectivity index (χ0n) is 17.3. The molecular weight excluding hydrogens is 420 g/mol. The molecule has 0 unspecified atom stereocenters. The summed E-state index contributed by atoms with van der Waals surface area (Å²) in [4.78, 5) is 13.2. The van der Waals surface area contributed by atoms with Crippen LogP contribution in [-0.4, -0.2) is 21.4 Å². The lowest BCUT2D eigenvalue weighted by Gasteiger charge is -2.11. The van der Waals surface area contributed by atoms with E-state index in [0.29, 0.717) is 16.3 Å². The molecule has 0 saturated heterocycles. The van der Waals surface area contributed by atoms with Crippen molar-refractivity contribution in [2.45, 2.75) is 6.92 Å². The fraction of sp³-hybridized carbons (Fsp3) is 0.0385. The van der Waals surface area contributed by atoms with Crippen LogP contribution in [0.3, 0.4) is 0 Å². The number of nitrogens with zero attached hydrogens (tertiary/aromatic N) is 4. The number of benzene rings is 3. The molecule has 1 aliphatic heterocycles. The molecule has 32 heavy (non-hydrogen) atoms. The summed E-state index contributed by atoms with van der Waals surface area (Å²) in [6.45, 7) is 1.84. The van der Waals surface area contributed by atoms with Gasteiger partial charge in [0.05, 0.1) is 28.4 Å². The molecule has 0 radical (unpaired) electrons. The number of anilines is 1. The number of para-hydroxylation sites is 2. The number of hydrogen-bond acceptors (Lipinski definition) is 3. The first-order valence-corrected chi connectivity index (χ1v) is 10.6. The molecule has 0 N–H and O–H groups in total. The summed E-state index contributed by atoms with van der Waals surface area (Å²) in [7, 11) is 0. The van der Waals surface area contributed by atoms with Crippen molar-refractivity contribution in [3.63, 3.8) is 0 Å². The van der Waals surface area contributed by atoms with Crippen LogP contribution in [0.1, 0.15) is 12.5 Å². The van der Waals surface area contributed by atoms with E-state index in [1.54, 1.807) is 0 Å². The molecule has 1 amide bonds. The fourth-order valence-corrected chi connectivity index (χ4v) is 3.75. The topological polar surface area (TPSA) is 50.5 Å². The van der Waals surface area contributed by atoms with Gasteiger partial charge < -0.3 is 0 Å². The van der Waals surface area contributed by atoms with Crippen LogP contribution in [0.5, 0.6) is 0 Å². The molecule has 1 aliphatic rings. The Labute approximate surface area is 190 Å². The highest BCUT2D eigenvalue weighted by Gasteiger charge is 2.29. The molecule has 4 aromatic rings. The SMILES string of the molecule is CC1=NN(c2ccccc2)C(=O)/C1=C/c1cn(-c2ccccc2)nc1-c1ccc(Cl)cc1. The average Bonchev–Trinajstić information content (AvgIpc) is 3.37. The van der Waals surface area contributed by atoms with Gasteiger partial charge in [-0.2, -0.15) is 15.2 Å². The van der Waals surface area contributed by atoms with Crippen LogP contribution >= 0.6 is 11.6 Å². The first-order valence-electron chi connectivity index (χ1n) is 10.2. The minimum atomic E-state index is -0.164. The van der Waals surface area contributed by atoms with Crippen molar-refractivity contribution in [2.24, 2.45) is 5.10 Å². The number of carbonyl (C=O) groups excluding carboxylic acids is 1. The van der Waals surface area contributed by atoms with Crippen LogP contribution in [0.2, 0.25) is 5.02 Å². The van der Waals surface area contributed by atoms with E-state index in [9.17, 15) is 4.79 Å². The Kier molecular flexibility index (Phi) is 5.17. The number of hydrogen-bond donors (Lipinski definition) is 0. The van der Waals surface area contributed by atoms with E-state index in [2.05, 4.69) is 5.10 Å². The highest BCUT2D eigenvalue weighted by molar-refractivity contribution is 6.32. The second-order valence-electron chi connectivity index (χ2n) is 7.42. The molecule has 0 aliphatic carbocycles. The summed E-state index contributed by atoms with van der Waals surface area (Å²) in [5.74, 6) is -0.164. The fourth-order valence-electron chi connectivity index (χ4n) is 3.62. The van der Waals surface area contributed by atoms with Crippen LogP contribution in [0.4, 0.5) is 5.69 Å². The number of aromatic nitrogens is 2. The van der Waals surface area contributed by atoms with Gasteiger partial charge in [-0.3, -0.25) is 4.79 Å². The largest absolute Gasteiger partial charge is 0.280 e. The third-order valence-corrected chi connectivity index (χ3v) is 5.50. The Morgan fingerprint density at radius 3 is 2.12 bits per heavy atom. The van der Waals surface area contributed by atoms with Gasteiger partial charge in [0.2, 0.25) is 0 Å². The predicted octanol–water partition coefficient (Wildman–Crippen LogP) is 6.00. The number of amides is 1. The van der Waals surface area contributed by atoms with Gasteiger partial charge >= 0.3 is 0 Å². The van der Waals surface area contributed by atoms with E-state index in [0.717, 1.165) is 28.2 Å². The van der Waals surface area contributed by atoms with Gasteiger partial charge in [0.15, 0.2) is 0 Å². The van der Waals surface area contributed by atoms with Crippen LogP contribution in [-0.2, 0) is 4.79 Å².